The molecule has 1 aromatic rings. The summed E-state index contributed by atoms with van der Waals surface area (Å²) < 4.78 is 0.636. The van der Waals surface area contributed by atoms with E-state index in [4.69, 9.17) is 23.2 Å². The number of rotatable bonds is 4. The molecule has 0 fully saturated rings. The standard InChI is InChI=1S/C18H25N3S/c1-4-14(11(2)3)12-5-6-17-13(9-12)10-15(18(22)21-17)16(20)7-8-19/h7,10-12,14H,4-6,9,20H2,1-3H3,(H,21,22)/b16-7-. The van der Waals surface area contributed by atoms with Crippen LogP contribution in [0.3, 0.4) is 0 Å². The largest absolute Gasteiger partial charge is 0.398 e. The van der Waals surface area contributed by atoms with Gasteiger partial charge in [-0.15, -0.1) is 0 Å². The Morgan fingerprint density at radius 1 is 1.59 bits per heavy atom. The summed E-state index contributed by atoms with van der Waals surface area (Å²) in [6.07, 6.45) is 5.93. The molecule has 2 unspecified atom stereocenters. The van der Waals surface area contributed by atoms with Crippen LogP contribution < -0.4 is 5.73 Å². The molecule has 3 nitrogen and oxygen atoms in total. The minimum atomic E-state index is 0.449. The Morgan fingerprint density at radius 3 is 2.91 bits per heavy atom. The van der Waals surface area contributed by atoms with Gasteiger partial charge < -0.3 is 10.7 Å². The van der Waals surface area contributed by atoms with E-state index in [1.165, 1.54) is 30.2 Å². The Hall–Kier alpha value is -1.60. The first-order valence-electron chi connectivity index (χ1n) is 8.08. The van der Waals surface area contributed by atoms with Crippen LogP contribution in [-0.2, 0) is 12.8 Å². The van der Waals surface area contributed by atoms with Gasteiger partial charge in [0, 0.05) is 17.3 Å². The summed E-state index contributed by atoms with van der Waals surface area (Å²) in [6, 6.07) is 4.07. The molecule has 0 saturated carbocycles. The van der Waals surface area contributed by atoms with Crippen LogP contribution in [0.25, 0.3) is 5.70 Å². The van der Waals surface area contributed by atoms with E-state index in [0.29, 0.717) is 16.3 Å². The number of allylic oxidation sites excluding steroid dienone is 1. The number of nitrogens with two attached hydrogens (primary N) is 1. The lowest BCUT2D eigenvalue weighted by Crippen LogP contribution is -2.26. The summed E-state index contributed by atoms with van der Waals surface area (Å²) >= 11 is 5.39. The summed E-state index contributed by atoms with van der Waals surface area (Å²) in [7, 11) is 0. The molecule has 2 rings (SSSR count). The number of nitriles is 1. The number of nitrogens with zero attached hydrogens (tertiary/aromatic N) is 1. The van der Waals surface area contributed by atoms with E-state index in [9.17, 15) is 0 Å². The van der Waals surface area contributed by atoms with E-state index in [-0.39, 0.29) is 0 Å². The molecule has 0 aromatic carbocycles. The van der Waals surface area contributed by atoms with Gasteiger partial charge in [-0.25, -0.2) is 0 Å². The first-order chi connectivity index (χ1) is 10.5. The number of H-pyrrole nitrogens is 1. The molecule has 1 aliphatic rings. The summed E-state index contributed by atoms with van der Waals surface area (Å²) in [5.74, 6) is 2.18. The van der Waals surface area contributed by atoms with Gasteiger partial charge in [-0.05, 0) is 48.6 Å². The highest BCUT2D eigenvalue weighted by atomic mass is 32.1. The summed E-state index contributed by atoms with van der Waals surface area (Å²) in [4.78, 5) is 3.33. The van der Waals surface area contributed by atoms with Crippen molar-refractivity contribution < 1.29 is 0 Å². The fourth-order valence-electron chi connectivity index (χ4n) is 3.81. The van der Waals surface area contributed by atoms with Crippen LogP contribution in [0.5, 0.6) is 0 Å². The predicted octanol–water partition coefficient (Wildman–Crippen LogP) is 4.35. The number of hydrogen-bond donors (Lipinski definition) is 2. The summed E-state index contributed by atoms with van der Waals surface area (Å²) in [5, 5.41) is 8.78. The molecule has 0 radical (unpaired) electrons. The van der Waals surface area contributed by atoms with Gasteiger partial charge in [0.2, 0.25) is 0 Å². The zero-order chi connectivity index (χ0) is 16.3. The van der Waals surface area contributed by atoms with Crippen molar-refractivity contribution in [3.05, 3.63) is 33.6 Å². The Kier molecular flexibility index (Phi) is 5.42. The molecule has 2 atom stereocenters. The van der Waals surface area contributed by atoms with Crippen LogP contribution in [0.15, 0.2) is 12.1 Å². The minimum absolute atomic E-state index is 0.449. The van der Waals surface area contributed by atoms with E-state index in [1.807, 2.05) is 6.07 Å². The molecule has 1 heterocycles. The van der Waals surface area contributed by atoms with Gasteiger partial charge in [0.15, 0.2) is 0 Å². The predicted molar refractivity (Wildman–Crippen MR) is 93.5 cm³/mol. The van der Waals surface area contributed by atoms with Crippen molar-refractivity contribution in [1.82, 2.24) is 4.98 Å². The van der Waals surface area contributed by atoms with Crippen LogP contribution in [0.4, 0.5) is 0 Å². The SMILES string of the molecule is CCC(C(C)C)C1CCc2[nH]c(=S)c(/C(N)=C/C#N)cc2C1. The second kappa shape index (κ2) is 7.11. The molecule has 3 N–H and O–H groups in total. The number of pyridine rings is 1. The third-order valence-corrected chi connectivity index (χ3v) is 5.25. The van der Waals surface area contributed by atoms with Crippen LogP contribution >= 0.6 is 12.2 Å². The second-order valence-electron chi connectivity index (χ2n) is 6.56. The van der Waals surface area contributed by atoms with Gasteiger partial charge in [-0.1, -0.05) is 39.4 Å². The summed E-state index contributed by atoms with van der Waals surface area (Å²) in [5.41, 5.74) is 9.75. The smallest absolute Gasteiger partial charge is 0.112 e. The monoisotopic (exact) mass is 315 g/mol. The number of aromatic amines is 1. The van der Waals surface area contributed by atoms with E-state index >= 15 is 0 Å². The van der Waals surface area contributed by atoms with Crippen molar-refractivity contribution in [2.45, 2.75) is 46.5 Å². The van der Waals surface area contributed by atoms with Crippen molar-refractivity contribution >= 4 is 17.9 Å². The number of nitrogens with one attached hydrogen (secondary N) is 1. The number of hydrogen-bond acceptors (Lipinski definition) is 3. The lowest BCUT2D eigenvalue weighted by molar-refractivity contribution is 0.222. The fourth-order valence-corrected chi connectivity index (χ4v) is 4.11. The molecule has 1 aliphatic carbocycles. The van der Waals surface area contributed by atoms with Crippen LogP contribution in [-0.4, -0.2) is 4.98 Å². The second-order valence-corrected chi connectivity index (χ2v) is 6.97. The van der Waals surface area contributed by atoms with Gasteiger partial charge in [-0.3, -0.25) is 0 Å². The summed E-state index contributed by atoms with van der Waals surface area (Å²) in [6.45, 7) is 6.93. The molecule has 0 saturated heterocycles. The van der Waals surface area contributed by atoms with E-state index in [2.05, 4.69) is 31.8 Å². The zero-order valence-corrected chi connectivity index (χ0v) is 14.5. The topological polar surface area (TPSA) is 65.6 Å². The Balaban J connectivity index is 2.35. The zero-order valence-electron chi connectivity index (χ0n) is 13.6. The van der Waals surface area contributed by atoms with Crippen molar-refractivity contribution in [3.63, 3.8) is 0 Å². The van der Waals surface area contributed by atoms with Gasteiger partial charge in [0.05, 0.1) is 11.8 Å². The molecule has 4 heteroatoms. The molecule has 0 amide bonds. The Bertz CT molecular complexity index is 664. The van der Waals surface area contributed by atoms with Gasteiger partial charge >= 0.3 is 0 Å². The maximum absolute atomic E-state index is 8.78. The lowest BCUT2D eigenvalue weighted by Gasteiger charge is -2.33. The van der Waals surface area contributed by atoms with E-state index in [1.54, 1.807) is 0 Å². The van der Waals surface area contributed by atoms with Gasteiger partial charge in [0.25, 0.3) is 0 Å². The quantitative estimate of drug-likeness (QED) is 0.641. The first-order valence-corrected chi connectivity index (χ1v) is 8.49. The van der Waals surface area contributed by atoms with Crippen LogP contribution in [0.1, 0.15) is 50.4 Å². The fraction of sp³-hybridized carbons (Fsp3) is 0.556. The number of fused-ring (bicyclic) bond motifs is 1. The number of aryl methyl sites for hydroxylation is 1. The molecule has 118 valence electrons. The Morgan fingerprint density at radius 2 is 2.32 bits per heavy atom. The highest BCUT2D eigenvalue weighted by molar-refractivity contribution is 7.71. The van der Waals surface area contributed by atoms with Gasteiger partial charge in [0.1, 0.15) is 4.64 Å². The molecule has 0 bridgehead atoms. The highest BCUT2D eigenvalue weighted by Gasteiger charge is 2.27. The Labute approximate surface area is 138 Å². The van der Waals surface area contributed by atoms with E-state index < -0.39 is 0 Å². The molecular formula is C18H25N3S. The average molecular weight is 315 g/mol. The van der Waals surface area contributed by atoms with Crippen LogP contribution in [0, 0.1) is 33.7 Å². The third-order valence-electron chi connectivity index (χ3n) is 4.93. The molecular weight excluding hydrogens is 290 g/mol. The van der Waals surface area contributed by atoms with Crippen molar-refractivity contribution in [1.29, 1.82) is 5.26 Å². The van der Waals surface area contributed by atoms with Crippen molar-refractivity contribution in [3.8, 4) is 6.07 Å². The van der Waals surface area contributed by atoms with Crippen molar-refractivity contribution in [2.24, 2.45) is 23.5 Å². The molecule has 1 aromatic heterocycles. The maximum Gasteiger partial charge on any atom is 0.112 e. The van der Waals surface area contributed by atoms with Gasteiger partial charge in [-0.2, -0.15) is 5.26 Å². The average Bonchev–Trinajstić information content (AvgIpc) is 2.47. The molecule has 0 aliphatic heterocycles. The third kappa shape index (κ3) is 3.41. The minimum Gasteiger partial charge on any atom is -0.398 e. The van der Waals surface area contributed by atoms with Crippen LogP contribution in [0.2, 0.25) is 0 Å². The highest BCUT2D eigenvalue weighted by Crippen LogP contribution is 2.35. The molecule has 22 heavy (non-hydrogen) atoms. The normalized spacial score (nSPS) is 19.6. The lowest BCUT2D eigenvalue weighted by atomic mass is 9.73. The first kappa shape index (κ1) is 16.8. The maximum atomic E-state index is 8.78. The molecule has 0 spiro atoms. The van der Waals surface area contributed by atoms with E-state index in [0.717, 1.165) is 30.2 Å². The van der Waals surface area contributed by atoms with Crippen molar-refractivity contribution in [2.75, 3.05) is 0 Å². The number of aromatic nitrogens is 1.